The molecule has 6 amide bonds. The quantitative estimate of drug-likeness (QED) is 0.191. The van der Waals surface area contributed by atoms with Gasteiger partial charge in [-0.05, 0) is 68.3 Å². The first-order valence-corrected chi connectivity index (χ1v) is 16.7. The van der Waals surface area contributed by atoms with E-state index in [0.29, 0.717) is 6.54 Å². The Labute approximate surface area is 279 Å². The van der Waals surface area contributed by atoms with Crippen LogP contribution in [0.25, 0.3) is 0 Å². The number of carbonyl (C=O) groups is 6. The van der Waals surface area contributed by atoms with Gasteiger partial charge in [0, 0.05) is 26.1 Å². The van der Waals surface area contributed by atoms with E-state index < -0.39 is 35.8 Å². The predicted octanol–water partition coefficient (Wildman–Crippen LogP) is 2.84. The average molecular weight is 662 g/mol. The number of rotatable bonds is 15. The van der Waals surface area contributed by atoms with E-state index in [2.05, 4.69) is 27.7 Å². The van der Waals surface area contributed by atoms with E-state index in [1.165, 1.54) is 30.5 Å². The molecule has 0 aliphatic carbocycles. The van der Waals surface area contributed by atoms with Gasteiger partial charge in [-0.25, -0.2) is 4.79 Å². The highest BCUT2D eigenvalue weighted by Crippen LogP contribution is 2.33. The van der Waals surface area contributed by atoms with Gasteiger partial charge < -0.3 is 25.4 Å². The van der Waals surface area contributed by atoms with Gasteiger partial charge in [-0.15, -0.1) is 0 Å². The number of nitrogens with one attached hydrogen (secondary N) is 2. The minimum Gasteiger partial charge on any atom is -0.483 e. The maximum atomic E-state index is 13.2. The van der Waals surface area contributed by atoms with Crippen LogP contribution in [-0.2, 0) is 32.1 Å². The lowest BCUT2D eigenvalue weighted by Gasteiger charge is -2.31. The van der Waals surface area contributed by atoms with Crippen LogP contribution >= 0.6 is 0 Å². The summed E-state index contributed by atoms with van der Waals surface area (Å²) in [6, 6.07) is 11.5. The fraction of sp³-hybridized carbons (Fsp3) is 0.486. The molecule has 0 aromatic heterocycles. The summed E-state index contributed by atoms with van der Waals surface area (Å²) in [5.74, 6) is -2.78. The average Bonchev–Trinajstić information content (AvgIpc) is 3.32. The SMILES string of the molecule is NC(=O)OC1CCN(CCCCCCCc2cccc(CNC(=O)COc3cccc4c3C(=O)N(C3CCC(=O)NC3=O)C4=O)c2)CC1. The second kappa shape index (κ2) is 16.4. The van der Waals surface area contributed by atoms with Crippen molar-refractivity contribution < 1.29 is 38.2 Å². The number of likely N-dealkylation sites (tertiary alicyclic amines) is 1. The van der Waals surface area contributed by atoms with Crippen LogP contribution in [0.2, 0.25) is 0 Å². The Balaban J connectivity index is 0.994. The molecule has 0 spiro atoms. The number of nitrogens with zero attached hydrogens (tertiary/aromatic N) is 2. The summed E-state index contributed by atoms with van der Waals surface area (Å²) in [5, 5.41) is 5.01. The number of hydrogen-bond acceptors (Lipinski definition) is 9. The lowest BCUT2D eigenvalue weighted by Crippen LogP contribution is -2.54. The molecule has 1 unspecified atom stereocenters. The Morgan fingerprint density at radius 3 is 2.40 bits per heavy atom. The predicted molar refractivity (Wildman–Crippen MR) is 174 cm³/mol. The topological polar surface area (TPSA) is 177 Å². The number of carbonyl (C=O) groups excluding carboxylic acids is 6. The number of imide groups is 2. The van der Waals surface area contributed by atoms with Crippen LogP contribution in [0.5, 0.6) is 5.75 Å². The van der Waals surface area contributed by atoms with Crippen molar-refractivity contribution in [3.63, 3.8) is 0 Å². The van der Waals surface area contributed by atoms with Crippen molar-refractivity contribution in [2.24, 2.45) is 5.73 Å². The van der Waals surface area contributed by atoms with Gasteiger partial charge in [-0.3, -0.25) is 34.2 Å². The van der Waals surface area contributed by atoms with E-state index in [9.17, 15) is 28.8 Å². The Kier molecular flexibility index (Phi) is 11.8. The highest BCUT2D eigenvalue weighted by Gasteiger charge is 2.46. The fourth-order valence-corrected chi connectivity index (χ4v) is 6.50. The number of benzene rings is 2. The lowest BCUT2D eigenvalue weighted by molar-refractivity contribution is -0.136. The van der Waals surface area contributed by atoms with Crippen LogP contribution in [0.4, 0.5) is 4.79 Å². The third-order valence-corrected chi connectivity index (χ3v) is 9.03. The van der Waals surface area contributed by atoms with Gasteiger partial charge in [0.2, 0.25) is 11.8 Å². The number of fused-ring (bicyclic) bond motifs is 1. The molecule has 2 fully saturated rings. The molecule has 0 saturated carbocycles. The highest BCUT2D eigenvalue weighted by molar-refractivity contribution is 6.24. The van der Waals surface area contributed by atoms with E-state index in [1.54, 1.807) is 6.07 Å². The van der Waals surface area contributed by atoms with Gasteiger partial charge in [0.15, 0.2) is 6.61 Å². The molecule has 13 nitrogen and oxygen atoms in total. The number of amides is 6. The fourth-order valence-electron chi connectivity index (χ4n) is 6.50. The summed E-state index contributed by atoms with van der Waals surface area (Å²) < 4.78 is 10.8. The molecule has 13 heteroatoms. The van der Waals surface area contributed by atoms with Crippen LogP contribution in [0, 0.1) is 0 Å². The first kappa shape index (κ1) is 34.6. The second-order valence-electron chi connectivity index (χ2n) is 12.5. The summed E-state index contributed by atoms with van der Waals surface area (Å²) >= 11 is 0. The number of primary amides is 1. The monoisotopic (exact) mass is 661 g/mol. The molecule has 2 aromatic carbocycles. The van der Waals surface area contributed by atoms with E-state index in [4.69, 9.17) is 15.2 Å². The van der Waals surface area contributed by atoms with Gasteiger partial charge in [-0.2, -0.15) is 0 Å². The van der Waals surface area contributed by atoms with Gasteiger partial charge >= 0.3 is 6.09 Å². The Hall–Kier alpha value is -4.78. The Morgan fingerprint density at radius 1 is 0.896 bits per heavy atom. The molecule has 256 valence electrons. The van der Waals surface area contributed by atoms with Crippen molar-refractivity contribution in [3.05, 3.63) is 64.7 Å². The molecule has 0 radical (unpaired) electrons. The molecule has 4 N–H and O–H groups in total. The van der Waals surface area contributed by atoms with Crippen molar-refractivity contribution in [3.8, 4) is 5.75 Å². The standard InChI is InChI=1S/C35H43N5O8/c36-35(46)48-25-15-18-39(19-16-25)17-5-3-1-2-4-8-23-9-6-10-24(20-23)21-37-30(42)22-47-28-12-7-11-26-31(28)34(45)40(33(26)44)27-13-14-29(41)38-32(27)43/h6-7,9-12,20,25,27H,1-5,8,13-19,21-22H2,(H2,36,46)(H,37,42)(H,38,41,43). The maximum absolute atomic E-state index is 13.2. The van der Waals surface area contributed by atoms with Crippen molar-refractivity contribution in [1.29, 1.82) is 0 Å². The van der Waals surface area contributed by atoms with Crippen molar-refractivity contribution in [2.75, 3.05) is 26.2 Å². The molecule has 2 saturated heterocycles. The molecule has 3 aliphatic rings. The summed E-state index contributed by atoms with van der Waals surface area (Å²) in [7, 11) is 0. The van der Waals surface area contributed by atoms with E-state index in [-0.39, 0.29) is 48.3 Å². The molecule has 1 atom stereocenters. The van der Waals surface area contributed by atoms with Gasteiger partial charge in [0.1, 0.15) is 17.9 Å². The lowest BCUT2D eigenvalue weighted by atomic mass is 10.0. The molecule has 5 rings (SSSR count). The summed E-state index contributed by atoms with van der Waals surface area (Å²) in [5.41, 5.74) is 7.38. The second-order valence-corrected chi connectivity index (χ2v) is 12.5. The van der Waals surface area contributed by atoms with Crippen LogP contribution in [-0.4, -0.2) is 83.8 Å². The Bertz CT molecular complexity index is 1540. The number of aryl methyl sites for hydroxylation is 1. The van der Waals surface area contributed by atoms with E-state index in [1.807, 2.05) is 12.1 Å². The zero-order chi connectivity index (χ0) is 34.0. The molecule has 3 heterocycles. The van der Waals surface area contributed by atoms with Crippen LogP contribution in [0.1, 0.15) is 89.6 Å². The summed E-state index contributed by atoms with van der Waals surface area (Å²) in [4.78, 5) is 76.9. The molecule has 3 aliphatic heterocycles. The Morgan fingerprint density at radius 2 is 1.62 bits per heavy atom. The molecular weight excluding hydrogens is 618 g/mol. The van der Waals surface area contributed by atoms with E-state index in [0.717, 1.165) is 68.6 Å². The van der Waals surface area contributed by atoms with Gasteiger partial charge in [0.25, 0.3) is 17.7 Å². The molecule has 0 bridgehead atoms. The van der Waals surface area contributed by atoms with Crippen LogP contribution < -0.4 is 21.1 Å². The first-order valence-electron chi connectivity index (χ1n) is 16.7. The van der Waals surface area contributed by atoms with Crippen molar-refractivity contribution in [2.45, 2.75) is 82.9 Å². The number of unbranched alkanes of at least 4 members (excludes halogenated alkanes) is 4. The smallest absolute Gasteiger partial charge is 0.404 e. The summed E-state index contributed by atoms with van der Waals surface area (Å²) in [6.45, 7) is 2.89. The molecular formula is C35H43N5O8. The number of piperidine rings is 2. The first-order chi connectivity index (χ1) is 23.2. The zero-order valence-corrected chi connectivity index (χ0v) is 27.0. The largest absolute Gasteiger partial charge is 0.483 e. The molecule has 2 aromatic rings. The third-order valence-electron chi connectivity index (χ3n) is 9.03. The summed E-state index contributed by atoms with van der Waals surface area (Å²) in [6.07, 6.45) is 7.73. The molecule has 48 heavy (non-hydrogen) atoms. The van der Waals surface area contributed by atoms with Crippen molar-refractivity contribution in [1.82, 2.24) is 20.4 Å². The van der Waals surface area contributed by atoms with Gasteiger partial charge in [0.05, 0.1) is 11.1 Å². The van der Waals surface area contributed by atoms with Crippen LogP contribution in [0.3, 0.4) is 0 Å². The van der Waals surface area contributed by atoms with E-state index >= 15 is 0 Å². The maximum Gasteiger partial charge on any atom is 0.404 e. The third kappa shape index (κ3) is 8.97. The number of ether oxygens (including phenoxy) is 2. The minimum absolute atomic E-state index is 0.00152. The van der Waals surface area contributed by atoms with Crippen molar-refractivity contribution >= 4 is 35.6 Å². The number of hydrogen-bond donors (Lipinski definition) is 3. The highest BCUT2D eigenvalue weighted by atomic mass is 16.6. The van der Waals surface area contributed by atoms with Gasteiger partial charge in [-0.1, -0.05) is 49.6 Å². The number of nitrogens with two attached hydrogens (primary N) is 1. The zero-order valence-electron chi connectivity index (χ0n) is 27.0. The van der Waals surface area contributed by atoms with Crippen LogP contribution in [0.15, 0.2) is 42.5 Å². The minimum atomic E-state index is -1.08. The normalized spacial score (nSPS) is 18.4.